The molecule has 1 aliphatic rings. The molecule has 2 heterocycles. The van der Waals surface area contributed by atoms with Gasteiger partial charge in [0.1, 0.15) is 11.6 Å². The van der Waals surface area contributed by atoms with Crippen molar-refractivity contribution in [3.63, 3.8) is 0 Å². The number of pyridine rings is 1. The van der Waals surface area contributed by atoms with Crippen molar-refractivity contribution in [1.82, 2.24) is 9.55 Å². The maximum Gasteiger partial charge on any atom is 0.313 e. The maximum absolute atomic E-state index is 12.5. The molecule has 1 saturated carbocycles. The topological polar surface area (TPSA) is 64.4 Å². The Balaban J connectivity index is 2.02. The number of hydrogen-bond acceptors (Lipinski definition) is 3. The Morgan fingerprint density at radius 2 is 1.85 bits per heavy atom. The van der Waals surface area contributed by atoms with E-state index in [-0.39, 0.29) is 6.61 Å². The fraction of sp³-hybridized carbons (Fsp3) is 0.481. The Hall–Kier alpha value is -2.37. The SMILES string of the molecule is Cc1nc2c(c(C)c(C)n2CC2CC2)c(-c2ccc(Cl)cc2)c1[C@@H](COC(C)(C)C)C(=O)O. The van der Waals surface area contributed by atoms with Crippen molar-refractivity contribution in [2.24, 2.45) is 5.92 Å². The van der Waals surface area contributed by atoms with Gasteiger partial charge in [0.15, 0.2) is 0 Å². The molecule has 0 saturated heterocycles. The van der Waals surface area contributed by atoms with Crippen LogP contribution in [0.3, 0.4) is 0 Å². The Kier molecular flexibility index (Phi) is 6.32. The summed E-state index contributed by atoms with van der Waals surface area (Å²) in [6.45, 7) is 13.0. The quantitative estimate of drug-likeness (QED) is 0.420. The molecule has 33 heavy (non-hydrogen) atoms. The molecule has 0 radical (unpaired) electrons. The van der Waals surface area contributed by atoms with Gasteiger partial charge in [-0.3, -0.25) is 4.79 Å². The Labute approximate surface area is 200 Å². The number of benzene rings is 1. The van der Waals surface area contributed by atoms with Crippen LogP contribution in [0.5, 0.6) is 0 Å². The molecule has 3 aromatic rings. The van der Waals surface area contributed by atoms with Crippen LogP contribution in [0.4, 0.5) is 0 Å². The van der Waals surface area contributed by atoms with Gasteiger partial charge in [-0.25, -0.2) is 4.98 Å². The molecule has 6 heteroatoms. The molecule has 5 nitrogen and oxygen atoms in total. The summed E-state index contributed by atoms with van der Waals surface area (Å²) in [4.78, 5) is 17.5. The van der Waals surface area contributed by atoms with Crippen LogP contribution < -0.4 is 0 Å². The highest BCUT2D eigenvalue weighted by Crippen LogP contribution is 2.42. The van der Waals surface area contributed by atoms with Crippen molar-refractivity contribution >= 4 is 28.6 Å². The summed E-state index contributed by atoms with van der Waals surface area (Å²) in [6.07, 6.45) is 2.51. The number of ether oxygens (including phenoxy) is 1. The molecular weight excluding hydrogens is 436 g/mol. The molecule has 0 unspecified atom stereocenters. The largest absolute Gasteiger partial charge is 0.481 e. The molecule has 0 spiro atoms. The number of aromatic nitrogens is 2. The lowest BCUT2D eigenvalue weighted by Crippen LogP contribution is -2.27. The summed E-state index contributed by atoms with van der Waals surface area (Å²) in [6, 6.07) is 7.65. The number of carboxylic acid groups (broad SMARTS) is 1. The normalized spacial score (nSPS) is 15.2. The minimum atomic E-state index is -0.912. The number of aryl methyl sites for hydroxylation is 2. The van der Waals surface area contributed by atoms with Gasteiger partial charge in [0.25, 0.3) is 0 Å². The third-order valence-electron chi connectivity index (χ3n) is 6.58. The van der Waals surface area contributed by atoms with Gasteiger partial charge in [-0.1, -0.05) is 23.7 Å². The second-order valence-electron chi connectivity index (χ2n) is 10.3. The molecule has 0 amide bonds. The molecule has 0 bridgehead atoms. The van der Waals surface area contributed by atoms with Crippen molar-refractivity contribution in [3.8, 4) is 11.1 Å². The van der Waals surface area contributed by atoms with E-state index in [0.29, 0.717) is 16.5 Å². The highest BCUT2D eigenvalue weighted by molar-refractivity contribution is 6.30. The van der Waals surface area contributed by atoms with Crippen LogP contribution in [0.25, 0.3) is 22.2 Å². The number of halogens is 1. The third-order valence-corrected chi connectivity index (χ3v) is 6.84. The fourth-order valence-electron chi connectivity index (χ4n) is 4.53. The Morgan fingerprint density at radius 3 is 2.39 bits per heavy atom. The lowest BCUT2D eigenvalue weighted by Gasteiger charge is -2.25. The predicted octanol–water partition coefficient (Wildman–Crippen LogP) is 6.68. The standard InChI is InChI=1S/C27H33ClN2O3/c1-15-17(3)30(13-18-7-8-18)25-22(15)24(19-9-11-20(28)12-10-19)23(16(2)29-25)21(26(31)32)14-33-27(4,5)6/h9-12,18,21H,7-8,13-14H2,1-6H3,(H,31,32)/t21-/m1/s1. The van der Waals surface area contributed by atoms with Crippen molar-refractivity contribution in [3.05, 3.63) is 51.8 Å². The molecule has 1 atom stereocenters. The van der Waals surface area contributed by atoms with Gasteiger partial charge in [0.05, 0.1) is 12.2 Å². The molecule has 176 valence electrons. The van der Waals surface area contributed by atoms with Gasteiger partial charge in [-0.05, 0) is 94.7 Å². The second kappa shape index (κ2) is 8.77. The molecule has 1 aliphatic carbocycles. The number of rotatable bonds is 7. The van der Waals surface area contributed by atoms with E-state index in [1.165, 1.54) is 18.5 Å². The molecule has 0 aliphatic heterocycles. The molecule has 2 aromatic heterocycles. The molecular formula is C27H33ClN2O3. The van der Waals surface area contributed by atoms with Crippen LogP contribution in [-0.2, 0) is 16.1 Å². The third kappa shape index (κ3) is 4.80. The van der Waals surface area contributed by atoms with Crippen molar-refractivity contribution in [2.75, 3.05) is 6.61 Å². The summed E-state index contributed by atoms with van der Waals surface area (Å²) < 4.78 is 8.29. The molecule has 4 rings (SSSR count). The van der Waals surface area contributed by atoms with E-state index < -0.39 is 17.5 Å². The monoisotopic (exact) mass is 468 g/mol. The number of carboxylic acids is 1. The van der Waals surface area contributed by atoms with Crippen LogP contribution in [0.1, 0.15) is 62.0 Å². The van der Waals surface area contributed by atoms with Crippen molar-refractivity contribution < 1.29 is 14.6 Å². The second-order valence-corrected chi connectivity index (χ2v) is 10.7. The Morgan fingerprint density at radius 1 is 1.21 bits per heavy atom. The van der Waals surface area contributed by atoms with Crippen LogP contribution in [-0.4, -0.2) is 32.8 Å². The predicted molar refractivity (Wildman–Crippen MR) is 133 cm³/mol. The summed E-state index contributed by atoms with van der Waals surface area (Å²) in [5.74, 6) is -1.05. The van der Waals surface area contributed by atoms with E-state index >= 15 is 0 Å². The first kappa shape index (κ1) is 23.8. The van der Waals surface area contributed by atoms with E-state index in [1.807, 2.05) is 52.0 Å². The lowest BCUT2D eigenvalue weighted by atomic mass is 9.87. The smallest absolute Gasteiger partial charge is 0.313 e. The highest BCUT2D eigenvalue weighted by atomic mass is 35.5. The van der Waals surface area contributed by atoms with E-state index in [4.69, 9.17) is 21.3 Å². The van der Waals surface area contributed by atoms with Crippen molar-refractivity contribution in [2.45, 2.75) is 72.4 Å². The number of fused-ring (bicyclic) bond motifs is 1. The summed E-state index contributed by atoms with van der Waals surface area (Å²) in [7, 11) is 0. The zero-order valence-electron chi connectivity index (χ0n) is 20.3. The highest BCUT2D eigenvalue weighted by Gasteiger charge is 2.32. The number of aliphatic carboxylic acids is 1. The maximum atomic E-state index is 12.5. The average molecular weight is 469 g/mol. The van der Waals surface area contributed by atoms with E-state index in [9.17, 15) is 9.90 Å². The minimum absolute atomic E-state index is 0.0776. The van der Waals surface area contributed by atoms with Crippen LogP contribution in [0.2, 0.25) is 5.02 Å². The molecule has 1 aromatic carbocycles. The zero-order valence-corrected chi connectivity index (χ0v) is 21.1. The summed E-state index contributed by atoms with van der Waals surface area (Å²) in [5, 5.41) is 11.9. The van der Waals surface area contributed by atoms with Crippen LogP contribution in [0, 0.1) is 26.7 Å². The average Bonchev–Trinajstić information content (AvgIpc) is 3.52. The van der Waals surface area contributed by atoms with Gasteiger partial charge in [-0.2, -0.15) is 0 Å². The van der Waals surface area contributed by atoms with Crippen LogP contribution >= 0.6 is 11.6 Å². The number of nitrogens with zero attached hydrogens (tertiary/aromatic N) is 2. The van der Waals surface area contributed by atoms with Crippen LogP contribution in [0.15, 0.2) is 24.3 Å². The first-order valence-corrected chi connectivity index (χ1v) is 12.0. The Bertz CT molecular complexity index is 1200. The summed E-state index contributed by atoms with van der Waals surface area (Å²) in [5.41, 5.74) is 6.13. The van der Waals surface area contributed by atoms with Crippen molar-refractivity contribution in [1.29, 1.82) is 0 Å². The van der Waals surface area contributed by atoms with Gasteiger partial charge >= 0.3 is 5.97 Å². The van der Waals surface area contributed by atoms with E-state index in [0.717, 1.165) is 40.0 Å². The fourth-order valence-corrected chi connectivity index (χ4v) is 4.66. The number of carbonyl (C=O) groups is 1. The summed E-state index contributed by atoms with van der Waals surface area (Å²) >= 11 is 6.20. The first-order valence-electron chi connectivity index (χ1n) is 11.6. The molecule has 1 fully saturated rings. The lowest BCUT2D eigenvalue weighted by molar-refractivity contribution is -0.141. The van der Waals surface area contributed by atoms with Gasteiger partial charge in [-0.15, -0.1) is 0 Å². The van der Waals surface area contributed by atoms with Gasteiger partial charge in [0.2, 0.25) is 0 Å². The zero-order chi connectivity index (χ0) is 24.1. The minimum Gasteiger partial charge on any atom is -0.481 e. The van der Waals surface area contributed by atoms with E-state index in [2.05, 4.69) is 18.4 Å². The van der Waals surface area contributed by atoms with Gasteiger partial charge < -0.3 is 14.4 Å². The first-order chi connectivity index (χ1) is 15.5. The number of hydrogen-bond donors (Lipinski definition) is 1. The molecule has 1 N–H and O–H groups in total. The van der Waals surface area contributed by atoms with E-state index in [1.54, 1.807) is 0 Å². The van der Waals surface area contributed by atoms with Gasteiger partial charge in [0, 0.05) is 28.3 Å².